The lowest BCUT2D eigenvalue weighted by Crippen LogP contribution is -2.24. The number of carbonyl (C=O) groups excluding carboxylic acids is 2. The number of esters is 1. The Kier molecular flexibility index (Phi) is 6.81. The Labute approximate surface area is 94.3 Å². The molecule has 0 saturated carbocycles. The average molecular weight is 225 g/mol. The molecule has 0 aliphatic rings. The number of Topliss-reactive ketones (excluding diaryl/α,β-unsaturated/α-hetero) is 1. The zero-order valence-corrected chi connectivity index (χ0v) is 9.40. The lowest BCUT2D eigenvalue weighted by Gasteiger charge is -2.07. The fourth-order valence-corrected chi connectivity index (χ4v) is 0.907. The standard InChI is InChI=1S/C11H15NO4/c1-3-4-7-16-11(15)9(5-6-12)10(14)8(2)13/h5,8,13H,3-4,7H2,1-2H3. The normalized spacial score (nSPS) is 12.8. The zero-order chi connectivity index (χ0) is 12.6. The molecule has 0 amide bonds. The highest BCUT2D eigenvalue weighted by atomic mass is 16.5. The van der Waals surface area contributed by atoms with E-state index in [0.29, 0.717) is 6.42 Å². The van der Waals surface area contributed by atoms with E-state index in [2.05, 4.69) is 0 Å². The van der Waals surface area contributed by atoms with E-state index in [4.69, 9.17) is 15.1 Å². The highest BCUT2D eigenvalue weighted by Crippen LogP contribution is 2.04. The Morgan fingerprint density at radius 3 is 2.62 bits per heavy atom. The number of carbonyl (C=O) groups is 2. The van der Waals surface area contributed by atoms with Crippen molar-refractivity contribution in [3.8, 4) is 6.07 Å². The number of hydrogen-bond donors (Lipinski definition) is 1. The number of aliphatic hydroxyl groups excluding tert-OH is 1. The highest BCUT2D eigenvalue weighted by molar-refractivity contribution is 6.19. The van der Waals surface area contributed by atoms with Gasteiger partial charge in [0.15, 0.2) is 5.78 Å². The van der Waals surface area contributed by atoms with E-state index in [9.17, 15) is 9.59 Å². The molecule has 0 fully saturated rings. The number of ether oxygens (including phenoxy) is 1. The number of ketones is 1. The minimum atomic E-state index is -1.32. The molecule has 0 aromatic carbocycles. The third kappa shape index (κ3) is 4.71. The Bertz CT molecular complexity index is 325. The molecule has 0 aliphatic carbocycles. The van der Waals surface area contributed by atoms with Gasteiger partial charge in [0, 0.05) is 6.08 Å². The van der Waals surface area contributed by atoms with Gasteiger partial charge >= 0.3 is 5.97 Å². The summed E-state index contributed by atoms with van der Waals surface area (Å²) < 4.78 is 4.78. The molecule has 0 aromatic rings. The van der Waals surface area contributed by atoms with Gasteiger partial charge in [0.1, 0.15) is 11.7 Å². The van der Waals surface area contributed by atoms with Crippen molar-refractivity contribution < 1.29 is 19.4 Å². The third-order valence-corrected chi connectivity index (χ3v) is 1.80. The lowest BCUT2D eigenvalue weighted by molar-refractivity contribution is -0.141. The number of unbranched alkanes of at least 4 members (excludes halogenated alkanes) is 1. The fourth-order valence-electron chi connectivity index (χ4n) is 0.907. The van der Waals surface area contributed by atoms with Crippen LogP contribution < -0.4 is 0 Å². The monoisotopic (exact) mass is 225 g/mol. The molecule has 1 atom stereocenters. The minimum Gasteiger partial charge on any atom is -0.462 e. The van der Waals surface area contributed by atoms with Gasteiger partial charge in [-0.1, -0.05) is 13.3 Å². The summed E-state index contributed by atoms with van der Waals surface area (Å²) in [5.41, 5.74) is -0.409. The molecule has 0 rings (SSSR count). The second-order valence-electron chi connectivity index (χ2n) is 3.22. The van der Waals surface area contributed by atoms with Crippen LogP contribution >= 0.6 is 0 Å². The summed E-state index contributed by atoms with van der Waals surface area (Å²) in [7, 11) is 0. The maximum Gasteiger partial charge on any atom is 0.342 e. The zero-order valence-electron chi connectivity index (χ0n) is 9.40. The summed E-state index contributed by atoms with van der Waals surface area (Å²) in [6, 6.07) is 1.58. The van der Waals surface area contributed by atoms with Crippen molar-refractivity contribution in [1.82, 2.24) is 0 Å². The molecule has 16 heavy (non-hydrogen) atoms. The molecular weight excluding hydrogens is 210 g/mol. The van der Waals surface area contributed by atoms with Crippen LogP contribution in [0.25, 0.3) is 0 Å². The van der Waals surface area contributed by atoms with Crippen LogP contribution in [0.1, 0.15) is 26.7 Å². The van der Waals surface area contributed by atoms with E-state index in [1.165, 1.54) is 6.92 Å². The second-order valence-corrected chi connectivity index (χ2v) is 3.22. The van der Waals surface area contributed by atoms with Crippen molar-refractivity contribution >= 4 is 11.8 Å². The summed E-state index contributed by atoms with van der Waals surface area (Å²) >= 11 is 0. The first-order valence-electron chi connectivity index (χ1n) is 5.03. The van der Waals surface area contributed by atoms with Crippen LogP contribution in [0.4, 0.5) is 0 Å². The molecule has 5 nitrogen and oxygen atoms in total. The molecule has 5 heteroatoms. The number of nitrogens with zero attached hydrogens (tertiary/aromatic N) is 1. The predicted octanol–water partition coefficient (Wildman–Crippen LogP) is 0.730. The van der Waals surface area contributed by atoms with E-state index >= 15 is 0 Å². The third-order valence-electron chi connectivity index (χ3n) is 1.80. The topological polar surface area (TPSA) is 87.4 Å². The molecule has 0 radical (unpaired) electrons. The number of nitriles is 1. The van der Waals surface area contributed by atoms with Gasteiger partial charge in [0.2, 0.25) is 0 Å². The van der Waals surface area contributed by atoms with Crippen molar-refractivity contribution in [1.29, 1.82) is 5.26 Å². The number of aliphatic hydroxyl groups is 1. The smallest absolute Gasteiger partial charge is 0.342 e. The van der Waals surface area contributed by atoms with E-state index in [1.54, 1.807) is 6.07 Å². The van der Waals surface area contributed by atoms with Crippen molar-refractivity contribution in [2.24, 2.45) is 0 Å². The molecule has 1 unspecified atom stereocenters. The van der Waals surface area contributed by atoms with Gasteiger partial charge < -0.3 is 9.84 Å². The molecule has 0 bridgehead atoms. The predicted molar refractivity (Wildman–Crippen MR) is 56.3 cm³/mol. The Morgan fingerprint density at radius 2 is 2.19 bits per heavy atom. The first-order valence-corrected chi connectivity index (χ1v) is 5.03. The van der Waals surface area contributed by atoms with E-state index in [-0.39, 0.29) is 6.61 Å². The average Bonchev–Trinajstić information content (AvgIpc) is 2.25. The maximum absolute atomic E-state index is 11.4. The van der Waals surface area contributed by atoms with Crippen LogP contribution in [-0.4, -0.2) is 29.6 Å². The fraction of sp³-hybridized carbons (Fsp3) is 0.545. The van der Waals surface area contributed by atoms with Crippen molar-refractivity contribution in [2.75, 3.05) is 6.61 Å². The van der Waals surface area contributed by atoms with Crippen molar-refractivity contribution in [3.63, 3.8) is 0 Å². The lowest BCUT2D eigenvalue weighted by atomic mass is 10.1. The quantitative estimate of drug-likeness (QED) is 0.180. The second kappa shape index (κ2) is 7.60. The van der Waals surface area contributed by atoms with E-state index in [0.717, 1.165) is 12.5 Å². The van der Waals surface area contributed by atoms with Crippen LogP contribution in [0, 0.1) is 11.3 Å². The summed E-state index contributed by atoms with van der Waals surface area (Å²) in [5.74, 6) is -1.66. The molecule has 0 heterocycles. The molecule has 1 N–H and O–H groups in total. The highest BCUT2D eigenvalue weighted by Gasteiger charge is 2.23. The van der Waals surface area contributed by atoms with Crippen LogP contribution in [0.15, 0.2) is 11.6 Å². The van der Waals surface area contributed by atoms with E-state index in [1.807, 2.05) is 6.92 Å². The summed E-state index contributed by atoms with van der Waals surface area (Å²) in [6.45, 7) is 3.36. The number of allylic oxidation sites excluding steroid dienone is 1. The largest absolute Gasteiger partial charge is 0.462 e. The van der Waals surface area contributed by atoms with Gasteiger partial charge in [-0.15, -0.1) is 0 Å². The van der Waals surface area contributed by atoms with Gasteiger partial charge in [0.25, 0.3) is 0 Å². The summed E-state index contributed by atoms with van der Waals surface area (Å²) in [5, 5.41) is 17.5. The minimum absolute atomic E-state index is 0.200. The van der Waals surface area contributed by atoms with Crippen molar-refractivity contribution in [3.05, 3.63) is 11.6 Å². The molecule has 0 spiro atoms. The molecule has 0 aromatic heterocycles. The van der Waals surface area contributed by atoms with Crippen LogP contribution in [0.5, 0.6) is 0 Å². The first-order chi connectivity index (χ1) is 7.54. The molecule has 0 aliphatic heterocycles. The Morgan fingerprint density at radius 1 is 1.56 bits per heavy atom. The van der Waals surface area contributed by atoms with Crippen LogP contribution in [-0.2, 0) is 14.3 Å². The Balaban J connectivity index is 4.57. The maximum atomic E-state index is 11.4. The summed E-state index contributed by atoms with van der Waals surface area (Å²) in [6.07, 6.45) is 1.02. The Hall–Kier alpha value is -1.67. The van der Waals surface area contributed by atoms with Gasteiger partial charge in [-0.25, -0.2) is 4.79 Å². The van der Waals surface area contributed by atoms with Gasteiger partial charge in [-0.2, -0.15) is 5.26 Å². The van der Waals surface area contributed by atoms with Crippen LogP contribution in [0.3, 0.4) is 0 Å². The van der Waals surface area contributed by atoms with Gasteiger partial charge in [-0.3, -0.25) is 4.79 Å². The number of hydrogen-bond acceptors (Lipinski definition) is 5. The van der Waals surface area contributed by atoms with E-state index < -0.39 is 23.4 Å². The molecule has 0 saturated heterocycles. The van der Waals surface area contributed by atoms with Crippen LogP contribution in [0.2, 0.25) is 0 Å². The van der Waals surface area contributed by atoms with Gasteiger partial charge in [0.05, 0.1) is 12.7 Å². The molecule has 88 valence electrons. The number of rotatable bonds is 6. The van der Waals surface area contributed by atoms with Gasteiger partial charge in [-0.05, 0) is 13.3 Å². The summed E-state index contributed by atoms with van der Waals surface area (Å²) in [4.78, 5) is 22.7. The first kappa shape index (κ1) is 14.3. The SMILES string of the molecule is CCCCOC(=O)C(=CC#N)C(=O)C(C)O. The molecular formula is C11H15NO4. The van der Waals surface area contributed by atoms with Crippen molar-refractivity contribution in [2.45, 2.75) is 32.8 Å².